The van der Waals surface area contributed by atoms with Crippen molar-refractivity contribution < 1.29 is 18.3 Å². The van der Waals surface area contributed by atoms with Crippen LogP contribution in [0, 0.1) is 6.92 Å². The average Bonchev–Trinajstić information content (AvgIpc) is 2.86. The Labute approximate surface area is 131 Å². The third-order valence-electron chi connectivity index (χ3n) is 3.71. The summed E-state index contributed by atoms with van der Waals surface area (Å²) in [6.45, 7) is 2.10. The van der Waals surface area contributed by atoms with Gasteiger partial charge in [-0.2, -0.15) is 13.2 Å². The molecule has 0 aliphatic heterocycles. The molecule has 0 amide bonds. The van der Waals surface area contributed by atoms with Gasteiger partial charge in [0.15, 0.2) is 0 Å². The van der Waals surface area contributed by atoms with Crippen LogP contribution >= 0.6 is 0 Å². The van der Waals surface area contributed by atoms with Crippen LogP contribution in [0.15, 0.2) is 42.5 Å². The molecule has 0 aliphatic carbocycles. The Morgan fingerprint density at radius 2 is 1.78 bits per heavy atom. The van der Waals surface area contributed by atoms with Gasteiger partial charge in [0.05, 0.1) is 23.2 Å². The predicted octanol–water partition coefficient (Wildman–Crippen LogP) is 4.02. The van der Waals surface area contributed by atoms with E-state index in [-0.39, 0.29) is 18.7 Å². The van der Waals surface area contributed by atoms with Crippen LogP contribution in [0.3, 0.4) is 0 Å². The van der Waals surface area contributed by atoms with E-state index in [2.05, 4.69) is 4.98 Å². The second-order valence-electron chi connectivity index (χ2n) is 5.38. The van der Waals surface area contributed by atoms with Crippen LogP contribution in [0.25, 0.3) is 22.4 Å². The zero-order valence-electron chi connectivity index (χ0n) is 12.4. The highest BCUT2D eigenvalue weighted by molar-refractivity contribution is 5.81. The summed E-state index contributed by atoms with van der Waals surface area (Å²) in [7, 11) is 0. The summed E-state index contributed by atoms with van der Waals surface area (Å²) in [5.74, 6) is 0.549. The summed E-state index contributed by atoms with van der Waals surface area (Å²) >= 11 is 0. The van der Waals surface area contributed by atoms with Crippen molar-refractivity contribution in [2.45, 2.75) is 19.6 Å². The summed E-state index contributed by atoms with van der Waals surface area (Å²) < 4.78 is 40.3. The van der Waals surface area contributed by atoms with Gasteiger partial charge < -0.3 is 9.67 Å². The van der Waals surface area contributed by atoms with Gasteiger partial charge in [0, 0.05) is 12.1 Å². The van der Waals surface area contributed by atoms with Crippen LogP contribution in [-0.2, 0) is 12.7 Å². The number of hydrogen-bond acceptors (Lipinski definition) is 2. The molecular formula is C17H15F3N2O. The largest absolute Gasteiger partial charge is 0.416 e. The second-order valence-corrected chi connectivity index (χ2v) is 5.38. The van der Waals surface area contributed by atoms with Gasteiger partial charge in [-0.05, 0) is 25.1 Å². The Balaban J connectivity index is 2.20. The molecule has 1 heterocycles. The minimum Gasteiger partial charge on any atom is -0.395 e. The van der Waals surface area contributed by atoms with E-state index in [1.807, 2.05) is 31.2 Å². The van der Waals surface area contributed by atoms with Crippen LogP contribution in [0.2, 0.25) is 0 Å². The maximum Gasteiger partial charge on any atom is 0.416 e. The summed E-state index contributed by atoms with van der Waals surface area (Å²) in [6, 6.07) is 11.1. The molecule has 6 heteroatoms. The molecule has 0 aliphatic rings. The Morgan fingerprint density at radius 1 is 1.09 bits per heavy atom. The molecule has 3 nitrogen and oxygen atoms in total. The van der Waals surface area contributed by atoms with Gasteiger partial charge >= 0.3 is 6.18 Å². The fraction of sp³-hybridized carbons (Fsp3) is 0.235. The molecule has 0 spiro atoms. The van der Waals surface area contributed by atoms with E-state index >= 15 is 0 Å². The van der Waals surface area contributed by atoms with Crippen molar-refractivity contribution >= 4 is 11.0 Å². The van der Waals surface area contributed by atoms with Gasteiger partial charge in [-0.25, -0.2) is 4.98 Å². The standard InChI is InChI=1S/C17H15F3N2O/c1-11-2-4-12(5-3-11)16-21-14-10-13(17(18,19)20)6-7-15(14)22(16)8-9-23/h2-7,10,23H,8-9H2,1H3. The van der Waals surface area contributed by atoms with Crippen molar-refractivity contribution in [1.82, 2.24) is 9.55 Å². The normalized spacial score (nSPS) is 12.0. The van der Waals surface area contributed by atoms with E-state index < -0.39 is 11.7 Å². The number of aliphatic hydroxyl groups is 1. The number of imidazole rings is 1. The number of rotatable bonds is 3. The maximum absolute atomic E-state index is 12.9. The molecule has 0 atom stereocenters. The zero-order chi connectivity index (χ0) is 16.6. The topological polar surface area (TPSA) is 38.0 Å². The Hall–Kier alpha value is -2.34. The van der Waals surface area contributed by atoms with Crippen LogP contribution < -0.4 is 0 Å². The molecule has 0 radical (unpaired) electrons. The molecule has 1 N–H and O–H groups in total. The van der Waals surface area contributed by atoms with Gasteiger partial charge in [-0.3, -0.25) is 0 Å². The first-order chi connectivity index (χ1) is 10.9. The van der Waals surface area contributed by atoms with E-state index in [0.717, 1.165) is 23.3 Å². The van der Waals surface area contributed by atoms with Gasteiger partial charge in [-0.15, -0.1) is 0 Å². The summed E-state index contributed by atoms with van der Waals surface area (Å²) in [4.78, 5) is 4.36. The molecule has 23 heavy (non-hydrogen) atoms. The highest BCUT2D eigenvalue weighted by Crippen LogP contribution is 2.33. The monoisotopic (exact) mass is 320 g/mol. The number of fused-ring (bicyclic) bond motifs is 1. The van der Waals surface area contributed by atoms with Gasteiger partial charge in [0.25, 0.3) is 0 Å². The molecule has 3 aromatic rings. The summed E-state index contributed by atoms with van der Waals surface area (Å²) in [6.07, 6.45) is -4.40. The molecule has 0 bridgehead atoms. The first kappa shape index (κ1) is 15.6. The number of nitrogens with zero attached hydrogens (tertiary/aromatic N) is 2. The Bertz CT molecular complexity index is 835. The van der Waals surface area contributed by atoms with E-state index in [1.54, 1.807) is 4.57 Å². The predicted molar refractivity (Wildman–Crippen MR) is 82.0 cm³/mol. The van der Waals surface area contributed by atoms with Crippen LogP contribution in [-0.4, -0.2) is 21.3 Å². The highest BCUT2D eigenvalue weighted by Gasteiger charge is 2.31. The molecule has 0 unspecified atom stereocenters. The van der Waals surface area contributed by atoms with Gasteiger partial charge in [0.2, 0.25) is 0 Å². The lowest BCUT2D eigenvalue weighted by Crippen LogP contribution is -2.05. The lowest BCUT2D eigenvalue weighted by atomic mass is 10.1. The molecule has 120 valence electrons. The van der Waals surface area contributed by atoms with E-state index in [0.29, 0.717) is 11.3 Å². The van der Waals surface area contributed by atoms with E-state index in [4.69, 9.17) is 0 Å². The Morgan fingerprint density at radius 3 is 2.39 bits per heavy atom. The van der Waals surface area contributed by atoms with Crippen molar-refractivity contribution in [1.29, 1.82) is 0 Å². The smallest absolute Gasteiger partial charge is 0.395 e. The average molecular weight is 320 g/mol. The summed E-state index contributed by atoms with van der Waals surface area (Å²) in [5, 5.41) is 9.27. The number of benzene rings is 2. The molecule has 0 fully saturated rings. The highest BCUT2D eigenvalue weighted by atomic mass is 19.4. The zero-order valence-corrected chi connectivity index (χ0v) is 12.4. The molecular weight excluding hydrogens is 305 g/mol. The third kappa shape index (κ3) is 2.94. The van der Waals surface area contributed by atoms with Crippen molar-refractivity contribution in [3.63, 3.8) is 0 Å². The quantitative estimate of drug-likeness (QED) is 0.791. The van der Waals surface area contributed by atoms with Gasteiger partial charge in [0.1, 0.15) is 5.82 Å². The van der Waals surface area contributed by atoms with E-state index in [1.165, 1.54) is 6.07 Å². The number of hydrogen-bond donors (Lipinski definition) is 1. The maximum atomic E-state index is 12.9. The number of halogens is 3. The Kier molecular flexibility index (Phi) is 3.85. The lowest BCUT2D eigenvalue weighted by Gasteiger charge is -2.08. The SMILES string of the molecule is Cc1ccc(-c2nc3cc(C(F)(F)F)ccc3n2CCO)cc1. The molecule has 1 aromatic heterocycles. The fourth-order valence-electron chi connectivity index (χ4n) is 2.56. The molecule has 2 aromatic carbocycles. The summed E-state index contributed by atoms with van der Waals surface area (Å²) in [5.41, 5.74) is 1.99. The minimum absolute atomic E-state index is 0.120. The molecule has 3 rings (SSSR count). The number of alkyl halides is 3. The molecule has 0 saturated carbocycles. The fourth-order valence-corrected chi connectivity index (χ4v) is 2.56. The van der Waals surface area contributed by atoms with Crippen LogP contribution in [0.1, 0.15) is 11.1 Å². The minimum atomic E-state index is -4.40. The second kappa shape index (κ2) is 5.70. The number of aryl methyl sites for hydroxylation is 1. The number of aliphatic hydroxyl groups excluding tert-OH is 1. The number of aromatic nitrogens is 2. The first-order valence-electron chi connectivity index (χ1n) is 7.15. The third-order valence-corrected chi connectivity index (χ3v) is 3.71. The van der Waals surface area contributed by atoms with E-state index in [9.17, 15) is 18.3 Å². The molecule has 0 saturated heterocycles. The van der Waals surface area contributed by atoms with Crippen LogP contribution in [0.5, 0.6) is 0 Å². The van der Waals surface area contributed by atoms with Crippen molar-refractivity contribution in [3.05, 3.63) is 53.6 Å². The van der Waals surface area contributed by atoms with Crippen LogP contribution in [0.4, 0.5) is 13.2 Å². The van der Waals surface area contributed by atoms with Crippen molar-refractivity contribution in [3.8, 4) is 11.4 Å². The first-order valence-corrected chi connectivity index (χ1v) is 7.15. The van der Waals surface area contributed by atoms with Crippen molar-refractivity contribution in [2.24, 2.45) is 0 Å². The lowest BCUT2D eigenvalue weighted by molar-refractivity contribution is -0.137. The van der Waals surface area contributed by atoms with Crippen molar-refractivity contribution in [2.75, 3.05) is 6.61 Å². The van der Waals surface area contributed by atoms with Gasteiger partial charge in [-0.1, -0.05) is 29.8 Å².